The molecular formula is C12H9ClN2O2. The van der Waals surface area contributed by atoms with Gasteiger partial charge in [0.25, 0.3) is 5.24 Å². The molecule has 0 spiro atoms. The van der Waals surface area contributed by atoms with Crippen LogP contribution in [0.1, 0.15) is 16.1 Å². The number of ether oxygens (including phenoxy) is 1. The van der Waals surface area contributed by atoms with Crippen molar-refractivity contribution in [3.8, 4) is 11.6 Å². The fourth-order valence-electron chi connectivity index (χ4n) is 1.26. The third-order valence-electron chi connectivity index (χ3n) is 2.04. The molecule has 1 aromatic heterocycles. The minimum absolute atomic E-state index is 0.412. The molecule has 0 bridgehead atoms. The predicted molar refractivity (Wildman–Crippen MR) is 63.5 cm³/mol. The van der Waals surface area contributed by atoms with Gasteiger partial charge in [0.2, 0.25) is 5.88 Å². The number of aromatic nitrogens is 2. The van der Waals surface area contributed by atoms with Crippen LogP contribution in [0.3, 0.4) is 0 Å². The van der Waals surface area contributed by atoms with Crippen LogP contribution < -0.4 is 4.74 Å². The van der Waals surface area contributed by atoms with Crippen molar-refractivity contribution in [1.82, 2.24) is 9.97 Å². The number of nitrogens with zero attached hydrogens (tertiary/aromatic N) is 2. The molecule has 2 rings (SSSR count). The van der Waals surface area contributed by atoms with E-state index < -0.39 is 5.24 Å². The van der Waals surface area contributed by atoms with Crippen molar-refractivity contribution in [1.29, 1.82) is 0 Å². The van der Waals surface area contributed by atoms with E-state index in [-0.39, 0.29) is 0 Å². The van der Waals surface area contributed by atoms with Crippen LogP contribution in [0.2, 0.25) is 0 Å². The van der Waals surface area contributed by atoms with Gasteiger partial charge in [-0.2, -0.15) is 0 Å². The van der Waals surface area contributed by atoms with Crippen molar-refractivity contribution < 1.29 is 9.53 Å². The fraction of sp³-hybridized carbons (Fsp3) is 0.0833. The normalized spacial score (nSPS) is 10.0. The zero-order valence-corrected chi connectivity index (χ0v) is 9.81. The Bertz CT molecular complexity index is 540. The molecule has 0 unspecified atom stereocenters. The Morgan fingerprint density at radius 2 is 1.94 bits per heavy atom. The molecule has 0 aliphatic heterocycles. The summed E-state index contributed by atoms with van der Waals surface area (Å²) in [5, 5.41) is -0.494. The number of carbonyl (C=O) groups is 1. The van der Waals surface area contributed by atoms with Crippen molar-refractivity contribution in [2.24, 2.45) is 0 Å². The fourth-order valence-corrected chi connectivity index (χ4v) is 1.39. The van der Waals surface area contributed by atoms with E-state index >= 15 is 0 Å². The smallest absolute Gasteiger partial charge is 0.252 e. The largest absolute Gasteiger partial charge is 0.437 e. The standard InChI is InChI=1S/C12H9ClN2O2/c1-8-6-14-7-11(15-8)17-10-4-2-9(3-5-10)12(13)16/h2-7H,1H3. The van der Waals surface area contributed by atoms with Gasteiger partial charge in [0, 0.05) is 11.8 Å². The molecule has 0 saturated heterocycles. The lowest BCUT2D eigenvalue weighted by atomic mass is 10.2. The van der Waals surface area contributed by atoms with Gasteiger partial charge in [0.15, 0.2) is 0 Å². The number of benzene rings is 1. The van der Waals surface area contributed by atoms with Crippen molar-refractivity contribution >= 4 is 16.8 Å². The van der Waals surface area contributed by atoms with Crippen LogP contribution in [0, 0.1) is 6.92 Å². The molecule has 0 amide bonds. The molecule has 2 aromatic rings. The van der Waals surface area contributed by atoms with Crippen LogP contribution in [-0.2, 0) is 0 Å². The monoisotopic (exact) mass is 248 g/mol. The number of carbonyl (C=O) groups excluding carboxylic acids is 1. The van der Waals surface area contributed by atoms with E-state index in [0.29, 0.717) is 17.2 Å². The van der Waals surface area contributed by atoms with E-state index in [1.54, 1.807) is 30.5 Å². The Hall–Kier alpha value is -1.94. The number of halogens is 1. The number of rotatable bonds is 3. The Balaban J connectivity index is 2.16. The van der Waals surface area contributed by atoms with Gasteiger partial charge in [-0.25, -0.2) is 4.98 Å². The highest BCUT2D eigenvalue weighted by Gasteiger charge is 2.03. The third-order valence-corrected chi connectivity index (χ3v) is 2.25. The van der Waals surface area contributed by atoms with E-state index in [1.807, 2.05) is 6.92 Å². The van der Waals surface area contributed by atoms with Crippen molar-refractivity contribution in [2.45, 2.75) is 6.92 Å². The predicted octanol–water partition coefficient (Wildman–Crippen LogP) is 2.96. The maximum atomic E-state index is 10.9. The van der Waals surface area contributed by atoms with Crippen molar-refractivity contribution in [2.75, 3.05) is 0 Å². The highest BCUT2D eigenvalue weighted by Crippen LogP contribution is 2.19. The molecule has 0 fully saturated rings. The Labute approximate surface area is 103 Å². The summed E-state index contributed by atoms with van der Waals surface area (Å²) in [6.45, 7) is 1.83. The summed E-state index contributed by atoms with van der Waals surface area (Å²) in [5.74, 6) is 0.988. The van der Waals surface area contributed by atoms with Gasteiger partial charge >= 0.3 is 0 Å². The van der Waals surface area contributed by atoms with Crippen molar-refractivity contribution in [3.05, 3.63) is 47.9 Å². The van der Waals surface area contributed by atoms with E-state index in [2.05, 4.69) is 9.97 Å². The van der Waals surface area contributed by atoms with Crippen molar-refractivity contribution in [3.63, 3.8) is 0 Å². The lowest BCUT2D eigenvalue weighted by molar-refractivity contribution is 0.108. The minimum Gasteiger partial charge on any atom is -0.437 e. The lowest BCUT2D eigenvalue weighted by Gasteiger charge is -2.04. The van der Waals surface area contributed by atoms with Crippen LogP contribution in [0.25, 0.3) is 0 Å². The highest BCUT2D eigenvalue weighted by molar-refractivity contribution is 6.67. The zero-order chi connectivity index (χ0) is 12.3. The second-order valence-electron chi connectivity index (χ2n) is 3.40. The molecular weight excluding hydrogens is 240 g/mol. The SMILES string of the molecule is Cc1cncc(Oc2ccc(C(=O)Cl)cc2)n1. The molecule has 86 valence electrons. The topological polar surface area (TPSA) is 52.1 Å². The first-order valence-electron chi connectivity index (χ1n) is 4.91. The van der Waals surface area contributed by atoms with Gasteiger partial charge < -0.3 is 4.74 Å². The molecule has 0 radical (unpaired) electrons. The molecule has 17 heavy (non-hydrogen) atoms. The molecule has 5 heteroatoms. The van der Waals surface area contributed by atoms with Crippen LogP contribution in [0.15, 0.2) is 36.7 Å². The maximum absolute atomic E-state index is 10.9. The highest BCUT2D eigenvalue weighted by atomic mass is 35.5. The quantitative estimate of drug-likeness (QED) is 0.784. The first kappa shape index (κ1) is 11.5. The second kappa shape index (κ2) is 4.93. The average molecular weight is 249 g/mol. The Morgan fingerprint density at radius 1 is 1.24 bits per heavy atom. The van der Waals surface area contributed by atoms with E-state index in [9.17, 15) is 4.79 Å². The molecule has 0 atom stereocenters. The van der Waals surface area contributed by atoms with E-state index in [0.717, 1.165) is 5.69 Å². The van der Waals surface area contributed by atoms with Gasteiger partial charge in [0.05, 0.1) is 11.9 Å². The Morgan fingerprint density at radius 3 is 2.53 bits per heavy atom. The molecule has 4 nitrogen and oxygen atoms in total. The number of hydrogen-bond acceptors (Lipinski definition) is 4. The molecule has 1 heterocycles. The van der Waals surface area contributed by atoms with Crippen LogP contribution in [-0.4, -0.2) is 15.2 Å². The molecule has 1 aromatic carbocycles. The molecule has 0 aliphatic carbocycles. The molecule has 0 saturated carbocycles. The zero-order valence-electron chi connectivity index (χ0n) is 9.05. The van der Waals surface area contributed by atoms with Gasteiger partial charge in [-0.3, -0.25) is 9.78 Å². The van der Waals surface area contributed by atoms with E-state index in [4.69, 9.17) is 16.3 Å². The lowest BCUT2D eigenvalue weighted by Crippen LogP contribution is -1.92. The number of aryl methyl sites for hydroxylation is 1. The minimum atomic E-state index is -0.494. The first-order chi connectivity index (χ1) is 8.15. The van der Waals surface area contributed by atoms with Gasteiger partial charge in [-0.05, 0) is 42.8 Å². The molecule has 0 N–H and O–H groups in total. The summed E-state index contributed by atoms with van der Waals surface area (Å²) in [4.78, 5) is 19.0. The molecule has 0 aliphatic rings. The third kappa shape index (κ3) is 3.01. The second-order valence-corrected chi connectivity index (χ2v) is 3.74. The van der Waals surface area contributed by atoms with Crippen LogP contribution >= 0.6 is 11.6 Å². The summed E-state index contributed by atoms with van der Waals surface area (Å²) in [7, 11) is 0. The van der Waals surface area contributed by atoms with Crippen LogP contribution in [0.5, 0.6) is 11.6 Å². The summed E-state index contributed by atoms with van der Waals surface area (Å²) in [6.07, 6.45) is 3.16. The first-order valence-corrected chi connectivity index (χ1v) is 5.29. The summed E-state index contributed by atoms with van der Waals surface area (Å²) >= 11 is 5.33. The van der Waals surface area contributed by atoms with Gasteiger partial charge in [0.1, 0.15) is 5.75 Å². The van der Waals surface area contributed by atoms with Gasteiger partial charge in [-0.1, -0.05) is 0 Å². The summed E-state index contributed by atoms with van der Waals surface area (Å²) in [5.41, 5.74) is 1.20. The van der Waals surface area contributed by atoms with Gasteiger partial charge in [-0.15, -0.1) is 0 Å². The maximum Gasteiger partial charge on any atom is 0.252 e. The van der Waals surface area contributed by atoms with E-state index in [1.165, 1.54) is 6.20 Å². The summed E-state index contributed by atoms with van der Waals surface area (Å²) < 4.78 is 5.47. The summed E-state index contributed by atoms with van der Waals surface area (Å²) in [6, 6.07) is 6.49. The average Bonchev–Trinajstić information content (AvgIpc) is 2.29. The van der Waals surface area contributed by atoms with Crippen LogP contribution in [0.4, 0.5) is 0 Å². The Kier molecular flexibility index (Phi) is 3.35. The number of hydrogen-bond donors (Lipinski definition) is 0.